The minimum absolute atomic E-state index is 0.165. The zero-order valence-electron chi connectivity index (χ0n) is 14.3. The summed E-state index contributed by atoms with van der Waals surface area (Å²) >= 11 is 1.70. The number of carbonyl (C=O) groups excluding carboxylic acids is 1. The van der Waals surface area contributed by atoms with Gasteiger partial charge in [0.25, 0.3) is 0 Å². The molecule has 0 aliphatic carbocycles. The van der Waals surface area contributed by atoms with Crippen LogP contribution >= 0.6 is 11.3 Å². The number of hydrogen-bond donors (Lipinski definition) is 2. The van der Waals surface area contributed by atoms with Gasteiger partial charge in [-0.3, -0.25) is 4.79 Å². The Morgan fingerprint density at radius 3 is 2.61 bits per heavy atom. The zero-order valence-corrected chi connectivity index (χ0v) is 15.1. The van der Waals surface area contributed by atoms with Crippen molar-refractivity contribution in [1.29, 1.82) is 0 Å². The summed E-state index contributed by atoms with van der Waals surface area (Å²) in [5.41, 5.74) is 0.677. The lowest BCUT2D eigenvalue weighted by molar-refractivity contribution is -0.131. The van der Waals surface area contributed by atoms with Gasteiger partial charge in [0, 0.05) is 13.0 Å². The predicted molar refractivity (Wildman–Crippen MR) is 97.9 cm³/mol. The highest BCUT2D eigenvalue weighted by Gasteiger charge is 2.35. The van der Waals surface area contributed by atoms with E-state index >= 15 is 0 Å². The van der Waals surface area contributed by atoms with Gasteiger partial charge in [0.1, 0.15) is 0 Å². The van der Waals surface area contributed by atoms with E-state index in [-0.39, 0.29) is 11.3 Å². The molecule has 0 fully saturated rings. The fourth-order valence-electron chi connectivity index (χ4n) is 2.84. The van der Waals surface area contributed by atoms with Gasteiger partial charge in [-0.2, -0.15) is 0 Å². The standard InChI is InChI=1S/C18H27N3OS/c1-4-18(5-2,17(22)20-12-8-11-19-3)13-16-21-14-9-6-7-10-15(14)23-16/h6-7,9-10,19H,4-5,8,11-13H2,1-3H3,(H,20,22). The van der Waals surface area contributed by atoms with Crippen molar-refractivity contribution in [3.8, 4) is 0 Å². The van der Waals surface area contributed by atoms with Crippen LogP contribution < -0.4 is 10.6 Å². The molecule has 126 valence electrons. The number of para-hydroxylation sites is 1. The maximum absolute atomic E-state index is 12.8. The predicted octanol–water partition coefficient (Wildman–Crippen LogP) is 3.37. The van der Waals surface area contributed by atoms with E-state index in [0.717, 1.165) is 49.3 Å². The minimum atomic E-state index is -0.354. The Morgan fingerprint density at radius 2 is 1.96 bits per heavy atom. The highest BCUT2D eigenvalue weighted by molar-refractivity contribution is 7.18. The Balaban J connectivity index is 2.10. The Hall–Kier alpha value is -1.46. The first-order chi connectivity index (χ1) is 11.1. The second-order valence-corrected chi connectivity index (χ2v) is 7.07. The Labute approximate surface area is 142 Å². The number of nitrogens with one attached hydrogen (secondary N) is 2. The van der Waals surface area contributed by atoms with Crippen molar-refractivity contribution in [3.05, 3.63) is 29.3 Å². The first-order valence-electron chi connectivity index (χ1n) is 8.42. The summed E-state index contributed by atoms with van der Waals surface area (Å²) in [6, 6.07) is 8.17. The van der Waals surface area contributed by atoms with E-state index in [2.05, 4.69) is 30.5 Å². The molecule has 2 N–H and O–H groups in total. The highest BCUT2D eigenvalue weighted by atomic mass is 32.1. The molecular formula is C18H27N3OS. The van der Waals surface area contributed by atoms with E-state index in [1.165, 1.54) is 4.70 Å². The molecule has 1 aromatic carbocycles. The maximum Gasteiger partial charge on any atom is 0.226 e. The molecule has 1 amide bonds. The Bertz CT molecular complexity index is 601. The number of amides is 1. The number of hydrogen-bond acceptors (Lipinski definition) is 4. The summed E-state index contributed by atoms with van der Waals surface area (Å²) in [5.74, 6) is 0.165. The molecule has 23 heavy (non-hydrogen) atoms. The van der Waals surface area contributed by atoms with Crippen LogP contribution in [0.25, 0.3) is 10.2 Å². The molecule has 1 aromatic heterocycles. The highest BCUT2D eigenvalue weighted by Crippen LogP contribution is 2.34. The molecule has 5 heteroatoms. The molecular weight excluding hydrogens is 306 g/mol. The van der Waals surface area contributed by atoms with E-state index in [9.17, 15) is 4.79 Å². The van der Waals surface area contributed by atoms with Gasteiger partial charge < -0.3 is 10.6 Å². The number of rotatable bonds is 9. The molecule has 2 rings (SSSR count). The van der Waals surface area contributed by atoms with Gasteiger partial charge in [-0.05, 0) is 45.0 Å². The van der Waals surface area contributed by atoms with Crippen LogP contribution in [0.2, 0.25) is 0 Å². The van der Waals surface area contributed by atoms with Crippen molar-refractivity contribution in [2.24, 2.45) is 5.41 Å². The summed E-state index contributed by atoms with van der Waals surface area (Å²) < 4.78 is 1.19. The molecule has 0 atom stereocenters. The molecule has 0 saturated carbocycles. The largest absolute Gasteiger partial charge is 0.356 e. The van der Waals surface area contributed by atoms with Crippen molar-refractivity contribution in [2.75, 3.05) is 20.1 Å². The van der Waals surface area contributed by atoms with Crippen LogP contribution in [-0.2, 0) is 11.2 Å². The van der Waals surface area contributed by atoms with Gasteiger partial charge >= 0.3 is 0 Å². The van der Waals surface area contributed by atoms with Crippen LogP contribution in [0.1, 0.15) is 38.1 Å². The lowest BCUT2D eigenvalue weighted by Crippen LogP contribution is -2.42. The quantitative estimate of drug-likeness (QED) is 0.692. The lowest BCUT2D eigenvalue weighted by atomic mass is 9.78. The molecule has 0 bridgehead atoms. The van der Waals surface area contributed by atoms with Crippen molar-refractivity contribution < 1.29 is 4.79 Å². The summed E-state index contributed by atoms with van der Waals surface area (Å²) in [7, 11) is 1.93. The Morgan fingerprint density at radius 1 is 1.22 bits per heavy atom. The summed E-state index contributed by atoms with van der Waals surface area (Å²) in [5, 5.41) is 7.27. The number of nitrogens with zero attached hydrogens (tertiary/aromatic N) is 1. The lowest BCUT2D eigenvalue weighted by Gasteiger charge is -2.29. The van der Waals surface area contributed by atoms with E-state index in [1.54, 1.807) is 11.3 Å². The first-order valence-corrected chi connectivity index (χ1v) is 9.24. The molecule has 0 aliphatic rings. The molecule has 4 nitrogen and oxygen atoms in total. The monoisotopic (exact) mass is 333 g/mol. The third kappa shape index (κ3) is 4.30. The topological polar surface area (TPSA) is 54.0 Å². The number of aromatic nitrogens is 1. The molecule has 2 aromatic rings. The fourth-order valence-corrected chi connectivity index (χ4v) is 3.95. The third-order valence-corrected chi connectivity index (χ3v) is 5.59. The number of thiazole rings is 1. The van der Waals surface area contributed by atoms with Crippen molar-refractivity contribution >= 4 is 27.5 Å². The maximum atomic E-state index is 12.8. The Kier molecular flexibility index (Phi) is 6.54. The molecule has 0 aliphatic heterocycles. The van der Waals surface area contributed by atoms with Gasteiger partial charge in [-0.25, -0.2) is 4.98 Å². The van der Waals surface area contributed by atoms with E-state index in [4.69, 9.17) is 4.98 Å². The van der Waals surface area contributed by atoms with Crippen LogP contribution in [-0.4, -0.2) is 31.0 Å². The van der Waals surface area contributed by atoms with Crippen molar-refractivity contribution in [2.45, 2.75) is 39.5 Å². The summed E-state index contributed by atoms with van der Waals surface area (Å²) in [6.45, 7) is 5.85. The fraction of sp³-hybridized carbons (Fsp3) is 0.556. The van der Waals surface area contributed by atoms with Crippen LogP contribution in [0.4, 0.5) is 0 Å². The van der Waals surface area contributed by atoms with E-state index < -0.39 is 0 Å². The molecule has 0 spiro atoms. The SMILES string of the molecule is CCC(CC)(Cc1nc2ccccc2s1)C(=O)NCCCNC. The van der Waals surface area contributed by atoms with Gasteiger partial charge in [0.2, 0.25) is 5.91 Å². The van der Waals surface area contributed by atoms with Crippen molar-refractivity contribution in [1.82, 2.24) is 15.6 Å². The van der Waals surface area contributed by atoms with Gasteiger partial charge in [0.15, 0.2) is 0 Å². The minimum Gasteiger partial charge on any atom is -0.356 e. The van der Waals surface area contributed by atoms with E-state index in [0.29, 0.717) is 0 Å². The average Bonchev–Trinajstić information content (AvgIpc) is 2.98. The van der Waals surface area contributed by atoms with Gasteiger partial charge in [-0.15, -0.1) is 11.3 Å². The third-order valence-electron chi connectivity index (χ3n) is 4.55. The van der Waals surface area contributed by atoms with E-state index in [1.807, 2.05) is 25.2 Å². The van der Waals surface area contributed by atoms with Crippen LogP contribution in [0, 0.1) is 5.41 Å². The van der Waals surface area contributed by atoms with Crippen LogP contribution in [0.3, 0.4) is 0 Å². The normalized spacial score (nSPS) is 11.8. The molecule has 0 saturated heterocycles. The summed E-state index contributed by atoms with van der Waals surface area (Å²) in [4.78, 5) is 17.5. The smallest absolute Gasteiger partial charge is 0.226 e. The number of benzene rings is 1. The molecule has 0 radical (unpaired) electrons. The summed E-state index contributed by atoms with van der Waals surface area (Å²) in [6.07, 6.45) is 3.33. The first kappa shape index (κ1) is 17.9. The van der Waals surface area contributed by atoms with Crippen LogP contribution in [0.15, 0.2) is 24.3 Å². The molecule has 0 unspecified atom stereocenters. The van der Waals surface area contributed by atoms with Gasteiger partial charge in [0.05, 0.1) is 20.6 Å². The van der Waals surface area contributed by atoms with Crippen molar-refractivity contribution in [3.63, 3.8) is 0 Å². The second-order valence-electron chi connectivity index (χ2n) is 5.95. The molecule has 1 heterocycles. The number of fused-ring (bicyclic) bond motifs is 1. The average molecular weight is 334 g/mol. The van der Waals surface area contributed by atoms with Gasteiger partial charge in [-0.1, -0.05) is 26.0 Å². The number of carbonyl (C=O) groups is 1. The zero-order chi connectivity index (χ0) is 16.7. The second kappa shape index (κ2) is 8.41. The van der Waals surface area contributed by atoms with Crippen LogP contribution in [0.5, 0.6) is 0 Å².